The Balaban J connectivity index is 2.59. The highest BCUT2D eigenvalue weighted by molar-refractivity contribution is 5.38. The molecule has 0 unspecified atom stereocenters. The van der Waals surface area contributed by atoms with E-state index >= 15 is 0 Å². The fourth-order valence-electron chi connectivity index (χ4n) is 1.44. The molecule has 0 aliphatic rings. The van der Waals surface area contributed by atoms with Gasteiger partial charge in [0.15, 0.2) is 11.6 Å². The van der Waals surface area contributed by atoms with Gasteiger partial charge in [0.05, 0.1) is 12.3 Å². The molecular weight excluding hydrogens is 278 g/mol. The van der Waals surface area contributed by atoms with Gasteiger partial charge in [-0.2, -0.15) is 13.2 Å². The van der Waals surface area contributed by atoms with E-state index in [1.165, 1.54) is 6.92 Å². The summed E-state index contributed by atoms with van der Waals surface area (Å²) >= 11 is 0. The molecule has 0 amide bonds. The molecule has 0 aliphatic carbocycles. The average molecular weight is 295 g/mol. The van der Waals surface area contributed by atoms with E-state index in [1.807, 2.05) is 6.92 Å². The van der Waals surface area contributed by atoms with Crippen LogP contribution >= 0.6 is 0 Å². The molecule has 0 radical (unpaired) electrons. The highest BCUT2D eigenvalue weighted by atomic mass is 19.4. The third-order valence-electron chi connectivity index (χ3n) is 2.34. The zero-order chi connectivity index (χ0) is 15.2. The van der Waals surface area contributed by atoms with Gasteiger partial charge in [0.2, 0.25) is 0 Å². The number of hydrogen-bond donors (Lipinski definition) is 1. The summed E-state index contributed by atoms with van der Waals surface area (Å²) in [7, 11) is 0. The minimum Gasteiger partial charge on any atom is -0.372 e. The number of hydrogen-bond acceptors (Lipinski definition) is 4. The normalized spacial score (nSPS) is 11.7. The maximum absolute atomic E-state index is 13.7. The summed E-state index contributed by atoms with van der Waals surface area (Å²) in [6, 6.07) is 0. The quantitative estimate of drug-likeness (QED) is 0.620. The third kappa shape index (κ3) is 5.68. The number of aromatic nitrogens is 2. The summed E-state index contributed by atoms with van der Waals surface area (Å²) in [4.78, 5) is 7.83. The second-order valence-corrected chi connectivity index (χ2v) is 4.23. The van der Waals surface area contributed by atoms with E-state index in [4.69, 9.17) is 0 Å². The van der Waals surface area contributed by atoms with Gasteiger partial charge < -0.3 is 10.1 Å². The van der Waals surface area contributed by atoms with Crippen molar-refractivity contribution in [3.8, 4) is 0 Å². The lowest BCUT2D eigenvalue weighted by Crippen LogP contribution is -2.18. The molecule has 8 heteroatoms. The predicted molar refractivity (Wildman–Crippen MR) is 66.1 cm³/mol. The second kappa shape index (κ2) is 7.37. The van der Waals surface area contributed by atoms with Crippen LogP contribution in [0.5, 0.6) is 0 Å². The van der Waals surface area contributed by atoms with Crippen molar-refractivity contribution in [2.45, 2.75) is 32.9 Å². The van der Waals surface area contributed by atoms with E-state index in [9.17, 15) is 17.6 Å². The van der Waals surface area contributed by atoms with Gasteiger partial charge in [-0.05, 0) is 13.3 Å². The molecule has 0 fully saturated rings. The Morgan fingerprint density at radius 2 is 1.95 bits per heavy atom. The number of nitrogens with zero attached hydrogens (tertiary/aromatic N) is 2. The van der Waals surface area contributed by atoms with Gasteiger partial charge >= 0.3 is 6.18 Å². The summed E-state index contributed by atoms with van der Waals surface area (Å²) in [5, 5.41) is 2.81. The number of ether oxygens (including phenoxy) is 1. The lowest BCUT2D eigenvalue weighted by atomic mass is 10.3. The van der Waals surface area contributed by atoms with Gasteiger partial charge in [-0.3, -0.25) is 0 Å². The molecule has 1 N–H and O–H groups in total. The van der Waals surface area contributed by atoms with Crippen molar-refractivity contribution < 1.29 is 22.3 Å². The van der Waals surface area contributed by atoms with Crippen molar-refractivity contribution in [1.82, 2.24) is 9.97 Å². The average Bonchev–Trinajstić information content (AvgIpc) is 2.36. The van der Waals surface area contributed by atoms with Crippen LogP contribution in [0.3, 0.4) is 0 Å². The lowest BCUT2D eigenvalue weighted by molar-refractivity contribution is -0.173. The molecule has 1 aromatic heterocycles. The number of rotatable bonds is 7. The van der Waals surface area contributed by atoms with Crippen molar-refractivity contribution in [3.05, 3.63) is 17.3 Å². The van der Waals surface area contributed by atoms with Gasteiger partial charge in [0.1, 0.15) is 12.4 Å². The Hall–Kier alpha value is -1.44. The number of anilines is 1. The van der Waals surface area contributed by atoms with E-state index < -0.39 is 18.6 Å². The van der Waals surface area contributed by atoms with Crippen LogP contribution in [0.1, 0.15) is 24.9 Å². The van der Waals surface area contributed by atoms with Crippen LogP contribution < -0.4 is 5.32 Å². The fraction of sp³-hybridized carbons (Fsp3) is 0.667. The topological polar surface area (TPSA) is 47.0 Å². The molecule has 0 saturated carbocycles. The van der Waals surface area contributed by atoms with Crippen LogP contribution in [-0.2, 0) is 11.2 Å². The summed E-state index contributed by atoms with van der Waals surface area (Å²) < 4.78 is 53.8. The molecule has 0 saturated heterocycles. The molecule has 4 nitrogen and oxygen atoms in total. The largest absolute Gasteiger partial charge is 0.411 e. The molecule has 1 aromatic rings. The van der Waals surface area contributed by atoms with Crippen LogP contribution in [0.25, 0.3) is 0 Å². The first-order chi connectivity index (χ1) is 9.33. The molecule has 20 heavy (non-hydrogen) atoms. The first kappa shape index (κ1) is 16.6. The summed E-state index contributed by atoms with van der Waals surface area (Å²) in [5.41, 5.74) is 0.157. The van der Waals surface area contributed by atoms with Crippen LogP contribution in [0, 0.1) is 12.7 Å². The monoisotopic (exact) mass is 295 g/mol. The van der Waals surface area contributed by atoms with Crippen molar-refractivity contribution >= 4 is 5.82 Å². The molecule has 0 atom stereocenters. The van der Waals surface area contributed by atoms with Gasteiger partial charge in [-0.15, -0.1) is 0 Å². The van der Waals surface area contributed by atoms with E-state index in [-0.39, 0.29) is 30.4 Å². The summed E-state index contributed by atoms with van der Waals surface area (Å²) in [6.45, 7) is 2.47. The van der Waals surface area contributed by atoms with Crippen molar-refractivity contribution in [2.24, 2.45) is 0 Å². The smallest absolute Gasteiger partial charge is 0.372 e. The molecule has 114 valence electrons. The Labute approximate surface area is 114 Å². The number of alkyl halides is 3. The van der Waals surface area contributed by atoms with E-state index in [0.717, 1.165) is 6.42 Å². The molecule has 0 bridgehead atoms. The zero-order valence-electron chi connectivity index (χ0n) is 11.4. The minimum atomic E-state index is -4.35. The van der Waals surface area contributed by atoms with Crippen molar-refractivity contribution in [3.63, 3.8) is 0 Å². The highest BCUT2D eigenvalue weighted by Gasteiger charge is 2.27. The number of halogens is 4. The van der Waals surface area contributed by atoms with Gasteiger partial charge in [0, 0.05) is 13.0 Å². The highest BCUT2D eigenvalue weighted by Crippen LogP contribution is 2.16. The predicted octanol–water partition coefficient (Wildman–Crippen LogP) is 2.87. The third-order valence-corrected chi connectivity index (χ3v) is 2.34. The summed E-state index contributed by atoms with van der Waals surface area (Å²) in [5.74, 6) is -0.215. The van der Waals surface area contributed by atoms with E-state index in [1.54, 1.807) is 0 Å². The SMILES string of the molecule is CCCNc1nc(CCOCC(F)(F)F)nc(C)c1F. The maximum Gasteiger partial charge on any atom is 0.411 e. The van der Waals surface area contributed by atoms with Gasteiger partial charge in [-0.25, -0.2) is 14.4 Å². The maximum atomic E-state index is 13.7. The molecule has 0 spiro atoms. The lowest BCUT2D eigenvalue weighted by Gasteiger charge is -2.10. The van der Waals surface area contributed by atoms with E-state index in [0.29, 0.717) is 6.54 Å². The standard InChI is InChI=1S/C12H17F4N3O/c1-3-5-17-11-10(13)8(2)18-9(19-11)4-6-20-7-12(14,15)16/h3-7H2,1-2H3,(H,17,18,19). The minimum absolute atomic E-state index is 0.0742. The first-order valence-corrected chi connectivity index (χ1v) is 6.25. The van der Waals surface area contributed by atoms with Crippen LogP contribution in [-0.4, -0.2) is 35.9 Å². The molecular formula is C12H17F4N3O. The molecule has 0 aliphatic heterocycles. The van der Waals surface area contributed by atoms with Crippen LogP contribution in [0.2, 0.25) is 0 Å². The van der Waals surface area contributed by atoms with Crippen LogP contribution in [0.4, 0.5) is 23.4 Å². The Bertz CT molecular complexity index is 437. The van der Waals surface area contributed by atoms with E-state index in [2.05, 4.69) is 20.0 Å². The Morgan fingerprint density at radius 3 is 2.55 bits per heavy atom. The molecule has 0 aromatic carbocycles. The zero-order valence-corrected chi connectivity index (χ0v) is 11.4. The Kier molecular flexibility index (Phi) is 6.12. The molecule has 1 heterocycles. The number of aryl methyl sites for hydroxylation is 1. The van der Waals surface area contributed by atoms with Crippen molar-refractivity contribution in [1.29, 1.82) is 0 Å². The molecule has 1 rings (SSSR count). The number of nitrogens with one attached hydrogen (secondary N) is 1. The second-order valence-electron chi connectivity index (χ2n) is 4.23. The first-order valence-electron chi connectivity index (χ1n) is 6.25. The Morgan fingerprint density at radius 1 is 1.25 bits per heavy atom. The van der Waals surface area contributed by atoms with Gasteiger partial charge in [-0.1, -0.05) is 6.92 Å². The summed E-state index contributed by atoms with van der Waals surface area (Å²) in [6.07, 6.45) is -3.46. The van der Waals surface area contributed by atoms with Gasteiger partial charge in [0.25, 0.3) is 0 Å². The van der Waals surface area contributed by atoms with Crippen LogP contribution in [0.15, 0.2) is 0 Å². The van der Waals surface area contributed by atoms with Crippen molar-refractivity contribution in [2.75, 3.05) is 25.1 Å². The fourth-order valence-corrected chi connectivity index (χ4v) is 1.44.